The molecule has 0 bridgehead atoms. The Hall–Kier alpha value is -4.19. The van der Waals surface area contributed by atoms with Gasteiger partial charge in [-0.2, -0.15) is 0 Å². The molecule has 0 fully saturated rings. The molecule has 160 valence electrons. The van der Waals surface area contributed by atoms with Gasteiger partial charge >= 0.3 is 0 Å². The van der Waals surface area contributed by atoms with E-state index in [1.54, 1.807) is 18.2 Å². The van der Waals surface area contributed by atoms with E-state index in [2.05, 4.69) is 15.6 Å². The van der Waals surface area contributed by atoms with Crippen molar-refractivity contribution in [2.45, 2.75) is 6.54 Å². The fraction of sp³-hybridized carbons (Fsp3) is 0.0769. The first-order valence-electron chi connectivity index (χ1n) is 10.2. The van der Waals surface area contributed by atoms with Gasteiger partial charge in [0.25, 0.3) is 5.91 Å². The number of amides is 1. The maximum absolute atomic E-state index is 13.0. The number of rotatable bonds is 7. The van der Waals surface area contributed by atoms with E-state index in [-0.39, 0.29) is 11.7 Å². The predicted octanol–water partition coefficient (Wildman–Crippen LogP) is 5.65. The molecule has 0 saturated heterocycles. The summed E-state index contributed by atoms with van der Waals surface area (Å²) in [5, 5.41) is 5.97. The van der Waals surface area contributed by atoms with E-state index < -0.39 is 0 Å². The maximum Gasteiger partial charge on any atom is 0.270 e. The van der Waals surface area contributed by atoms with Gasteiger partial charge in [0.05, 0.1) is 5.69 Å². The quantitative estimate of drug-likeness (QED) is 0.400. The number of nitrogens with one attached hydrogen (secondary N) is 2. The Labute approximate surface area is 185 Å². The lowest BCUT2D eigenvalue weighted by Crippen LogP contribution is -2.23. The first-order valence-corrected chi connectivity index (χ1v) is 10.2. The van der Waals surface area contributed by atoms with Crippen LogP contribution in [0, 0.1) is 5.82 Å². The molecule has 0 aliphatic rings. The average molecular weight is 427 g/mol. The van der Waals surface area contributed by atoms with Gasteiger partial charge < -0.3 is 15.4 Å². The smallest absolute Gasteiger partial charge is 0.270 e. The third-order valence-corrected chi connectivity index (χ3v) is 4.88. The van der Waals surface area contributed by atoms with Crippen molar-refractivity contribution in [1.82, 2.24) is 10.3 Å². The molecule has 5 nitrogen and oxygen atoms in total. The molecule has 0 spiro atoms. The summed E-state index contributed by atoms with van der Waals surface area (Å²) in [5.41, 5.74) is 3.91. The van der Waals surface area contributed by atoms with Gasteiger partial charge in [0.1, 0.15) is 23.0 Å². The third-order valence-electron chi connectivity index (χ3n) is 4.88. The Morgan fingerprint density at radius 2 is 1.53 bits per heavy atom. The fourth-order valence-electron chi connectivity index (χ4n) is 3.12. The van der Waals surface area contributed by atoms with Crippen molar-refractivity contribution >= 4 is 11.6 Å². The minimum Gasteiger partial charge on any atom is -0.457 e. The predicted molar refractivity (Wildman–Crippen MR) is 123 cm³/mol. The first kappa shape index (κ1) is 21.1. The number of halogens is 1. The number of nitrogens with zero attached hydrogens (tertiary/aromatic N) is 1. The van der Waals surface area contributed by atoms with Crippen LogP contribution in [0.3, 0.4) is 0 Å². The van der Waals surface area contributed by atoms with Crippen molar-refractivity contribution < 1.29 is 13.9 Å². The van der Waals surface area contributed by atoms with E-state index in [4.69, 9.17) is 4.74 Å². The Morgan fingerprint density at radius 1 is 0.875 bits per heavy atom. The van der Waals surface area contributed by atoms with Crippen LogP contribution in [0.5, 0.6) is 11.5 Å². The average Bonchev–Trinajstić information content (AvgIpc) is 2.85. The van der Waals surface area contributed by atoms with Crippen molar-refractivity contribution in [1.29, 1.82) is 0 Å². The lowest BCUT2D eigenvalue weighted by Gasteiger charge is -2.09. The second kappa shape index (κ2) is 9.75. The largest absolute Gasteiger partial charge is 0.457 e. The van der Waals surface area contributed by atoms with E-state index >= 15 is 0 Å². The van der Waals surface area contributed by atoms with Crippen LogP contribution in [0.1, 0.15) is 16.1 Å². The first-order chi connectivity index (χ1) is 15.6. The van der Waals surface area contributed by atoms with Gasteiger partial charge in [-0.15, -0.1) is 0 Å². The van der Waals surface area contributed by atoms with Crippen molar-refractivity contribution in [3.05, 3.63) is 108 Å². The molecule has 0 aliphatic heterocycles. The highest BCUT2D eigenvalue weighted by Crippen LogP contribution is 2.25. The number of anilines is 1. The highest BCUT2D eigenvalue weighted by Gasteiger charge is 2.09. The minimum absolute atomic E-state index is 0.235. The molecule has 3 aromatic carbocycles. The number of aromatic nitrogens is 1. The molecule has 4 aromatic rings. The molecular weight excluding hydrogens is 405 g/mol. The number of carbonyl (C=O) groups excluding carboxylic acids is 1. The Kier molecular flexibility index (Phi) is 6.41. The number of ether oxygens (including phenoxy) is 1. The summed E-state index contributed by atoms with van der Waals surface area (Å²) in [6.45, 7) is 0.421. The SMILES string of the molecule is CNc1ccc(CNC(=O)c2cccc(-c3ccc(Oc4ccc(F)cc4)cc3)n2)cc1. The molecule has 1 amide bonds. The minimum atomic E-state index is -0.311. The van der Waals surface area contributed by atoms with Gasteiger partial charge in [-0.1, -0.05) is 18.2 Å². The van der Waals surface area contributed by atoms with Crippen molar-refractivity contribution in [3.8, 4) is 22.8 Å². The number of benzene rings is 3. The van der Waals surface area contributed by atoms with E-state index in [1.165, 1.54) is 12.1 Å². The topological polar surface area (TPSA) is 63.2 Å². The maximum atomic E-state index is 13.0. The van der Waals surface area contributed by atoms with Gasteiger partial charge in [0.15, 0.2) is 0 Å². The molecule has 2 N–H and O–H groups in total. The third kappa shape index (κ3) is 5.29. The van der Waals surface area contributed by atoms with E-state index in [9.17, 15) is 9.18 Å². The molecule has 0 aliphatic carbocycles. The fourth-order valence-corrected chi connectivity index (χ4v) is 3.12. The molecule has 6 heteroatoms. The van der Waals surface area contributed by atoms with E-state index in [1.807, 2.05) is 67.7 Å². The molecule has 0 radical (unpaired) electrons. The zero-order chi connectivity index (χ0) is 22.3. The second-order valence-corrected chi connectivity index (χ2v) is 7.12. The van der Waals surface area contributed by atoms with E-state index in [0.717, 1.165) is 16.8 Å². The van der Waals surface area contributed by atoms with Crippen LogP contribution in [0.2, 0.25) is 0 Å². The number of carbonyl (C=O) groups is 1. The summed E-state index contributed by atoms with van der Waals surface area (Å²) in [4.78, 5) is 17.1. The molecule has 0 atom stereocenters. The van der Waals surface area contributed by atoms with Gasteiger partial charge in [-0.25, -0.2) is 9.37 Å². The van der Waals surface area contributed by atoms with Crippen LogP contribution in [0.15, 0.2) is 91.0 Å². The normalized spacial score (nSPS) is 10.4. The molecule has 32 heavy (non-hydrogen) atoms. The molecule has 1 aromatic heterocycles. The Bertz CT molecular complexity index is 1190. The monoisotopic (exact) mass is 427 g/mol. The number of hydrogen-bond donors (Lipinski definition) is 2. The standard InChI is InChI=1S/C26H22FN3O2/c1-28-21-11-5-18(6-12-21)17-29-26(31)25-4-2-3-24(30-25)19-7-13-22(14-8-19)32-23-15-9-20(27)10-16-23/h2-16,28H,17H2,1H3,(H,29,31). The van der Waals surface area contributed by atoms with Gasteiger partial charge in [0.2, 0.25) is 0 Å². The summed E-state index contributed by atoms with van der Waals surface area (Å²) in [5.74, 6) is 0.630. The van der Waals surface area contributed by atoms with Crippen molar-refractivity contribution in [3.63, 3.8) is 0 Å². The summed E-state index contributed by atoms with van der Waals surface area (Å²) in [6.07, 6.45) is 0. The molecule has 0 saturated carbocycles. The highest BCUT2D eigenvalue weighted by atomic mass is 19.1. The second-order valence-electron chi connectivity index (χ2n) is 7.12. The molecular formula is C26H22FN3O2. The summed E-state index contributed by atoms with van der Waals surface area (Å²) in [7, 11) is 1.86. The molecule has 4 rings (SSSR count). The number of pyridine rings is 1. The Morgan fingerprint density at radius 3 is 2.19 bits per heavy atom. The molecule has 1 heterocycles. The van der Waals surface area contributed by atoms with Gasteiger partial charge in [0, 0.05) is 24.8 Å². The van der Waals surface area contributed by atoms with Crippen LogP contribution < -0.4 is 15.4 Å². The zero-order valence-corrected chi connectivity index (χ0v) is 17.5. The molecule has 0 unspecified atom stereocenters. The van der Waals surface area contributed by atoms with Crippen LogP contribution in [0.25, 0.3) is 11.3 Å². The van der Waals surface area contributed by atoms with Crippen LogP contribution >= 0.6 is 0 Å². The van der Waals surface area contributed by atoms with Crippen molar-refractivity contribution in [2.24, 2.45) is 0 Å². The Balaban J connectivity index is 1.41. The van der Waals surface area contributed by atoms with Crippen LogP contribution in [-0.2, 0) is 6.54 Å². The van der Waals surface area contributed by atoms with Crippen LogP contribution in [0.4, 0.5) is 10.1 Å². The summed E-state index contributed by atoms with van der Waals surface area (Å²) in [6, 6.07) is 26.4. The summed E-state index contributed by atoms with van der Waals surface area (Å²) < 4.78 is 18.7. The zero-order valence-electron chi connectivity index (χ0n) is 17.5. The lowest BCUT2D eigenvalue weighted by atomic mass is 10.1. The summed E-state index contributed by atoms with van der Waals surface area (Å²) >= 11 is 0. The highest BCUT2D eigenvalue weighted by molar-refractivity contribution is 5.92. The van der Waals surface area contributed by atoms with Gasteiger partial charge in [-0.3, -0.25) is 4.79 Å². The number of hydrogen-bond acceptors (Lipinski definition) is 4. The lowest BCUT2D eigenvalue weighted by molar-refractivity contribution is 0.0946. The van der Waals surface area contributed by atoms with Crippen LogP contribution in [-0.4, -0.2) is 17.9 Å². The van der Waals surface area contributed by atoms with Crippen molar-refractivity contribution in [2.75, 3.05) is 12.4 Å². The van der Waals surface area contributed by atoms with Gasteiger partial charge in [-0.05, 0) is 78.4 Å². The van der Waals surface area contributed by atoms with E-state index in [0.29, 0.717) is 29.4 Å².